The number of halogens is 5. The molecule has 3 atom stereocenters. The van der Waals surface area contributed by atoms with Crippen LogP contribution in [0.3, 0.4) is 0 Å². The van der Waals surface area contributed by atoms with Gasteiger partial charge in [-0.1, -0.05) is 42.5 Å². The van der Waals surface area contributed by atoms with Gasteiger partial charge in [0.1, 0.15) is 4.88 Å². The fourth-order valence-electron chi connectivity index (χ4n) is 4.88. The van der Waals surface area contributed by atoms with Gasteiger partial charge in [0.2, 0.25) is 0 Å². The van der Waals surface area contributed by atoms with Crippen LogP contribution < -0.4 is 10.2 Å². The molecule has 1 aromatic heterocycles. The number of thiazole rings is 1. The quantitative estimate of drug-likeness (QED) is 0.268. The molecule has 1 aliphatic rings. The van der Waals surface area contributed by atoms with E-state index in [4.69, 9.17) is 0 Å². The third kappa shape index (κ3) is 8.08. The number of aliphatic hydroxyl groups excluding tert-OH is 1. The summed E-state index contributed by atoms with van der Waals surface area (Å²) in [5, 5.41) is 12.9. The van der Waals surface area contributed by atoms with Crippen LogP contribution in [0, 0.1) is 0 Å². The molecule has 234 valence electrons. The third-order valence-electron chi connectivity index (χ3n) is 7.30. The number of anilines is 1. The number of carbonyl (C=O) groups is 1. The summed E-state index contributed by atoms with van der Waals surface area (Å²) in [6.07, 6.45) is -2.24. The fourth-order valence-corrected chi connectivity index (χ4v) is 6.66. The molecular formula is C28H30F5N3O5S2. The first kappa shape index (κ1) is 32.8. The molecule has 15 heteroatoms. The molecule has 0 aliphatic carbocycles. The van der Waals surface area contributed by atoms with Gasteiger partial charge in [0.25, 0.3) is 5.91 Å². The Labute approximate surface area is 249 Å². The molecule has 4 rings (SSSR count). The number of nitrogens with zero attached hydrogens (tertiary/aromatic N) is 2. The van der Waals surface area contributed by atoms with Gasteiger partial charge in [-0.3, -0.25) is 4.79 Å². The maximum atomic E-state index is 13.1. The number of ether oxygens (including phenoxy) is 1. The van der Waals surface area contributed by atoms with Gasteiger partial charge in [-0.05, 0) is 48.2 Å². The van der Waals surface area contributed by atoms with Crippen molar-refractivity contribution in [2.45, 2.75) is 55.5 Å². The number of rotatable bonds is 11. The Morgan fingerprint density at radius 1 is 1.14 bits per heavy atom. The Kier molecular flexibility index (Phi) is 10.4. The van der Waals surface area contributed by atoms with Crippen LogP contribution in [-0.4, -0.2) is 62.6 Å². The van der Waals surface area contributed by atoms with Crippen molar-refractivity contribution in [1.82, 2.24) is 10.3 Å². The van der Waals surface area contributed by atoms with Crippen molar-refractivity contribution in [2.24, 2.45) is 0 Å². The van der Waals surface area contributed by atoms with Crippen molar-refractivity contribution in [3.05, 3.63) is 76.3 Å². The van der Waals surface area contributed by atoms with Crippen molar-refractivity contribution in [3.8, 4) is 0 Å². The van der Waals surface area contributed by atoms with Crippen LogP contribution in [0.5, 0.6) is 0 Å². The van der Waals surface area contributed by atoms with E-state index < -0.39 is 52.8 Å². The van der Waals surface area contributed by atoms with Gasteiger partial charge < -0.3 is 20.1 Å². The zero-order valence-corrected chi connectivity index (χ0v) is 24.6. The summed E-state index contributed by atoms with van der Waals surface area (Å²) in [4.78, 5) is 19.4. The zero-order valence-electron chi connectivity index (χ0n) is 22.9. The molecule has 0 radical (unpaired) electrons. The summed E-state index contributed by atoms with van der Waals surface area (Å²) >= 11 is 0.995. The Bertz CT molecular complexity index is 1480. The van der Waals surface area contributed by atoms with E-state index in [0.29, 0.717) is 29.1 Å². The number of hydrogen-bond donors (Lipinski definition) is 2. The molecular weight excluding hydrogens is 617 g/mol. The normalized spacial score (nSPS) is 18.6. The van der Waals surface area contributed by atoms with Crippen LogP contribution in [0.4, 0.5) is 27.1 Å². The topological polar surface area (TPSA) is 109 Å². The second-order valence-electron chi connectivity index (χ2n) is 9.98. The first-order valence-electron chi connectivity index (χ1n) is 13.4. The monoisotopic (exact) mass is 647 g/mol. The molecule has 1 amide bonds. The minimum atomic E-state index is -4.47. The van der Waals surface area contributed by atoms with Crippen LogP contribution in [0.2, 0.25) is 0 Å². The molecule has 43 heavy (non-hydrogen) atoms. The summed E-state index contributed by atoms with van der Waals surface area (Å²) in [6, 6.07) is 9.28. The maximum Gasteiger partial charge on any atom is 0.416 e. The summed E-state index contributed by atoms with van der Waals surface area (Å²) in [7, 11) is -3.42. The lowest BCUT2D eigenvalue weighted by molar-refractivity contribution is -0.137. The van der Waals surface area contributed by atoms with E-state index in [-0.39, 0.29) is 34.6 Å². The van der Waals surface area contributed by atoms with Crippen LogP contribution in [0.1, 0.15) is 58.1 Å². The van der Waals surface area contributed by atoms with E-state index >= 15 is 0 Å². The lowest BCUT2D eigenvalue weighted by atomic mass is 9.87. The van der Waals surface area contributed by atoms with Gasteiger partial charge in [-0.2, -0.15) is 22.0 Å². The van der Waals surface area contributed by atoms with Crippen LogP contribution >= 0.6 is 11.3 Å². The predicted molar refractivity (Wildman–Crippen MR) is 150 cm³/mol. The van der Waals surface area contributed by atoms with Crippen molar-refractivity contribution < 1.29 is 45.0 Å². The maximum absolute atomic E-state index is 13.1. The summed E-state index contributed by atoms with van der Waals surface area (Å²) in [5.41, 5.74) is 0.366. The number of hydrogen-bond acceptors (Lipinski definition) is 8. The first-order valence-corrected chi connectivity index (χ1v) is 15.8. The number of aliphatic hydroxyl groups is 1. The highest BCUT2D eigenvalue weighted by Gasteiger charge is 2.34. The molecule has 1 saturated heterocycles. The summed E-state index contributed by atoms with van der Waals surface area (Å²) in [6.45, 7) is -1.99. The SMILES string of the molecule is CCS(=O)(=O)c1ccc([C@H](CO)NC(=O)c2cnc(N3C[C@@H](c4ccc(C(F)(F)F)cc4)CC[C@H]3COC(F)F)s2)cc1. The standard InChI is InChI=1S/C28H30F5N3O5S2/c1-2-43(39,40)22-11-6-18(7-12-22)23(15-37)35-25(38)24-13-34-27(42-24)36-14-19(5-10-21(36)16-41-26(29)30)17-3-8-20(9-4-17)28(31,32)33/h3-4,6-9,11-13,19,21,23,26,37H,2,5,10,14-16H2,1H3,(H,35,38)/t19-,21-,23-/m0/s1. The number of benzene rings is 2. The molecule has 2 heterocycles. The van der Waals surface area contributed by atoms with Gasteiger partial charge in [-0.25, -0.2) is 13.4 Å². The zero-order chi connectivity index (χ0) is 31.4. The van der Waals surface area contributed by atoms with Crippen molar-refractivity contribution in [2.75, 3.05) is 30.4 Å². The molecule has 2 aromatic carbocycles. The van der Waals surface area contributed by atoms with Crippen LogP contribution in [0.25, 0.3) is 0 Å². The van der Waals surface area contributed by atoms with Gasteiger partial charge in [0, 0.05) is 12.5 Å². The van der Waals surface area contributed by atoms with Crippen molar-refractivity contribution in [3.63, 3.8) is 0 Å². The van der Waals surface area contributed by atoms with Gasteiger partial charge in [0.15, 0.2) is 15.0 Å². The highest BCUT2D eigenvalue weighted by Crippen LogP contribution is 2.37. The summed E-state index contributed by atoms with van der Waals surface area (Å²) in [5.74, 6) is -0.855. The molecule has 3 aromatic rings. The highest BCUT2D eigenvalue weighted by atomic mass is 32.2. The second-order valence-corrected chi connectivity index (χ2v) is 13.3. The number of aromatic nitrogens is 1. The molecule has 1 fully saturated rings. The van der Waals surface area contributed by atoms with E-state index in [2.05, 4.69) is 15.0 Å². The van der Waals surface area contributed by atoms with Crippen LogP contribution in [-0.2, 0) is 20.8 Å². The van der Waals surface area contributed by atoms with Crippen LogP contribution in [0.15, 0.2) is 59.6 Å². The molecule has 8 nitrogen and oxygen atoms in total. The predicted octanol–water partition coefficient (Wildman–Crippen LogP) is 5.41. The lowest BCUT2D eigenvalue weighted by Gasteiger charge is -2.39. The second kappa shape index (κ2) is 13.7. The Morgan fingerprint density at radius 3 is 2.40 bits per heavy atom. The van der Waals surface area contributed by atoms with Gasteiger partial charge >= 0.3 is 12.8 Å². The number of sulfone groups is 1. The average Bonchev–Trinajstić information content (AvgIpc) is 3.49. The fraction of sp³-hybridized carbons (Fsp3) is 0.429. The molecule has 2 N–H and O–H groups in total. The van der Waals surface area contributed by atoms with Crippen molar-refractivity contribution >= 4 is 32.2 Å². The van der Waals surface area contributed by atoms with E-state index in [1.54, 1.807) is 4.90 Å². The van der Waals surface area contributed by atoms with E-state index in [1.165, 1.54) is 49.5 Å². The number of amides is 1. The van der Waals surface area contributed by atoms with E-state index in [1.807, 2.05) is 0 Å². The van der Waals surface area contributed by atoms with Gasteiger partial charge in [-0.15, -0.1) is 0 Å². The third-order valence-corrected chi connectivity index (χ3v) is 10.1. The van der Waals surface area contributed by atoms with Crippen molar-refractivity contribution in [1.29, 1.82) is 0 Å². The minimum absolute atomic E-state index is 0.0720. The Morgan fingerprint density at radius 2 is 1.81 bits per heavy atom. The highest BCUT2D eigenvalue weighted by molar-refractivity contribution is 7.91. The largest absolute Gasteiger partial charge is 0.416 e. The Hall–Kier alpha value is -3.14. The first-order chi connectivity index (χ1) is 20.3. The molecule has 1 aliphatic heterocycles. The number of nitrogens with one attached hydrogen (secondary N) is 1. The molecule has 0 bridgehead atoms. The summed E-state index contributed by atoms with van der Waals surface area (Å²) < 4.78 is 93.5. The van der Waals surface area contributed by atoms with E-state index in [0.717, 1.165) is 23.5 Å². The van der Waals surface area contributed by atoms with E-state index in [9.17, 15) is 40.3 Å². The molecule has 0 spiro atoms. The number of carbonyl (C=O) groups excluding carboxylic acids is 1. The van der Waals surface area contributed by atoms with Gasteiger partial charge in [0.05, 0.1) is 47.7 Å². The molecule has 0 unspecified atom stereocenters. The number of piperidine rings is 1. The minimum Gasteiger partial charge on any atom is -0.394 e. The lowest BCUT2D eigenvalue weighted by Crippen LogP contribution is -2.45. The Balaban J connectivity index is 1.51. The molecule has 0 saturated carbocycles. The number of alkyl halides is 5. The smallest absolute Gasteiger partial charge is 0.394 e. The average molecular weight is 648 g/mol.